The van der Waals surface area contributed by atoms with Crippen molar-refractivity contribution in [3.63, 3.8) is 0 Å². The summed E-state index contributed by atoms with van der Waals surface area (Å²) in [5.74, 6) is 1.78. The Kier molecular flexibility index (Phi) is 8.15. The van der Waals surface area contributed by atoms with Gasteiger partial charge in [0.15, 0.2) is 17.5 Å². The fourth-order valence-electron chi connectivity index (χ4n) is 12.5. The number of rotatable bonds is 5. The predicted molar refractivity (Wildman–Crippen MR) is 269 cm³/mol. The maximum atomic E-state index is 5.57. The Bertz CT molecular complexity index is 3510. The topological polar surface area (TPSA) is 38.7 Å². The van der Waals surface area contributed by atoms with Crippen LogP contribution in [0.5, 0.6) is 0 Å². The highest BCUT2D eigenvalue weighted by atomic mass is 15.0. The van der Waals surface area contributed by atoms with Crippen molar-refractivity contribution in [2.75, 3.05) is 0 Å². The van der Waals surface area contributed by atoms with Gasteiger partial charge in [-0.25, -0.2) is 15.0 Å². The maximum Gasteiger partial charge on any atom is 0.164 e. The summed E-state index contributed by atoms with van der Waals surface area (Å²) in [6.45, 7) is 12.0. The Morgan fingerprint density at radius 1 is 0.409 bits per heavy atom. The number of nitrogens with zero attached hydrogens (tertiary/aromatic N) is 3. The molecule has 8 aromatic carbocycles. The van der Waals surface area contributed by atoms with Crippen LogP contribution in [0.1, 0.15) is 71.1 Å². The molecule has 0 bridgehead atoms. The van der Waals surface area contributed by atoms with Gasteiger partial charge in [0.25, 0.3) is 0 Å². The Labute approximate surface area is 386 Å². The van der Waals surface area contributed by atoms with E-state index in [2.05, 4.69) is 209 Å². The first-order chi connectivity index (χ1) is 32.4. The normalized spacial score (nSPS) is 15.8. The van der Waals surface area contributed by atoms with Gasteiger partial charge in [0.2, 0.25) is 0 Å². The van der Waals surface area contributed by atoms with Crippen LogP contribution in [0.3, 0.4) is 0 Å². The first-order valence-electron chi connectivity index (χ1n) is 23.0. The molecule has 0 aliphatic heterocycles. The molecule has 3 heteroatoms. The van der Waals surface area contributed by atoms with Crippen LogP contribution in [0.15, 0.2) is 224 Å². The monoisotopic (exact) mass is 843 g/mol. The molecule has 0 atom stereocenters. The lowest BCUT2D eigenvalue weighted by atomic mass is 9.51. The molecule has 0 N–H and O–H groups in total. The highest BCUT2D eigenvalue weighted by molar-refractivity contribution is 5.99. The standard InChI is InChI=1S/C63H45N3/c1-5-21-55-57(39(2)58-64-59(40-22-7-6-8-23-40)66-60(65-58)41-36-37-47-42-24-9-14-29-48(42)61(3,4)56(47)38-41)63(51-32-17-12-27-45(51)46-28-13-18-33-52(46)63)54-35-20-19-34-53(54)62(55)49-30-15-10-25-43(49)44-26-11-16-31-50(44)62/h5-38H,2H2,1,3-4H3/b21-5-. The fourth-order valence-corrected chi connectivity index (χ4v) is 12.5. The summed E-state index contributed by atoms with van der Waals surface area (Å²) in [5.41, 5.74) is 20.8. The van der Waals surface area contributed by atoms with Crippen LogP contribution in [0.25, 0.3) is 61.7 Å². The Balaban J connectivity index is 1.16. The zero-order valence-corrected chi connectivity index (χ0v) is 37.2. The summed E-state index contributed by atoms with van der Waals surface area (Å²) < 4.78 is 0. The first kappa shape index (κ1) is 38.4. The summed E-state index contributed by atoms with van der Waals surface area (Å²) in [4.78, 5) is 16.4. The third kappa shape index (κ3) is 4.89. The molecule has 1 aromatic heterocycles. The van der Waals surface area contributed by atoms with Crippen molar-refractivity contribution in [3.8, 4) is 56.2 Å². The molecule has 1 heterocycles. The average molecular weight is 844 g/mol. The molecule has 0 amide bonds. The van der Waals surface area contributed by atoms with Gasteiger partial charge in [-0.05, 0) is 102 Å². The number of benzene rings is 8. The number of allylic oxidation sites excluding steroid dienone is 5. The molecule has 0 unspecified atom stereocenters. The largest absolute Gasteiger partial charge is 0.208 e. The second-order valence-corrected chi connectivity index (χ2v) is 18.6. The Morgan fingerprint density at radius 2 is 0.818 bits per heavy atom. The third-order valence-electron chi connectivity index (χ3n) is 15.1. The summed E-state index contributed by atoms with van der Waals surface area (Å²) in [5, 5.41) is 0. The number of fused-ring (bicyclic) bond motifs is 16. The summed E-state index contributed by atoms with van der Waals surface area (Å²) in [7, 11) is 0. The lowest BCUT2D eigenvalue weighted by Crippen LogP contribution is -2.44. The molecule has 0 saturated heterocycles. The lowest BCUT2D eigenvalue weighted by Gasteiger charge is -2.50. The first-order valence-corrected chi connectivity index (χ1v) is 23.0. The van der Waals surface area contributed by atoms with Gasteiger partial charge in [-0.2, -0.15) is 0 Å². The van der Waals surface area contributed by atoms with Crippen molar-refractivity contribution >= 4 is 5.57 Å². The van der Waals surface area contributed by atoms with Crippen molar-refractivity contribution in [2.45, 2.75) is 37.0 Å². The van der Waals surface area contributed by atoms with E-state index in [-0.39, 0.29) is 5.41 Å². The second-order valence-electron chi connectivity index (χ2n) is 18.6. The second kappa shape index (κ2) is 14.0. The molecule has 2 spiro atoms. The highest BCUT2D eigenvalue weighted by Crippen LogP contribution is 2.69. The van der Waals surface area contributed by atoms with Crippen LogP contribution in [0, 0.1) is 0 Å². The molecule has 312 valence electrons. The van der Waals surface area contributed by atoms with Crippen LogP contribution >= 0.6 is 0 Å². The third-order valence-corrected chi connectivity index (χ3v) is 15.1. The van der Waals surface area contributed by atoms with Crippen molar-refractivity contribution in [1.29, 1.82) is 0 Å². The molecular weight excluding hydrogens is 799 g/mol. The predicted octanol–water partition coefficient (Wildman–Crippen LogP) is 14.7. The van der Waals surface area contributed by atoms with Crippen LogP contribution in [0.2, 0.25) is 0 Å². The zero-order chi connectivity index (χ0) is 44.4. The van der Waals surface area contributed by atoms with Crippen molar-refractivity contribution in [2.24, 2.45) is 0 Å². The van der Waals surface area contributed by atoms with Crippen LogP contribution in [-0.2, 0) is 16.2 Å². The molecule has 4 aliphatic carbocycles. The van der Waals surface area contributed by atoms with Gasteiger partial charge in [-0.15, -0.1) is 0 Å². The van der Waals surface area contributed by atoms with Gasteiger partial charge in [0.05, 0.1) is 10.8 Å². The number of aromatic nitrogens is 3. The van der Waals surface area contributed by atoms with Gasteiger partial charge in [0, 0.05) is 22.1 Å². The Morgan fingerprint density at radius 3 is 1.35 bits per heavy atom. The van der Waals surface area contributed by atoms with E-state index in [1.165, 1.54) is 77.9 Å². The molecule has 13 rings (SSSR count). The van der Waals surface area contributed by atoms with E-state index in [1.54, 1.807) is 0 Å². The minimum absolute atomic E-state index is 0.191. The fraction of sp³-hybridized carbons (Fsp3) is 0.0952. The van der Waals surface area contributed by atoms with Crippen molar-refractivity contribution in [1.82, 2.24) is 15.0 Å². The van der Waals surface area contributed by atoms with E-state index in [1.807, 2.05) is 18.2 Å². The average Bonchev–Trinajstić information content (AvgIpc) is 3.92. The van der Waals surface area contributed by atoms with Crippen LogP contribution < -0.4 is 0 Å². The van der Waals surface area contributed by atoms with Crippen LogP contribution in [0.4, 0.5) is 0 Å². The van der Waals surface area contributed by atoms with Gasteiger partial charge in [-0.1, -0.05) is 221 Å². The van der Waals surface area contributed by atoms with E-state index in [0.29, 0.717) is 17.5 Å². The maximum absolute atomic E-state index is 5.57. The summed E-state index contributed by atoms with van der Waals surface area (Å²) >= 11 is 0. The highest BCUT2D eigenvalue weighted by Gasteiger charge is 2.60. The lowest BCUT2D eigenvalue weighted by molar-refractivity contribution is 0.638. The van der Waals surface area contributed by atoms with Gasteiger partial charge in [-0.3, -0.25) is 0 Å². The smallest absolute Gasteiger partial charge is 0.164 e. The van der Waals surface area contributed by atoms with Gasteiger partial charge >= 0.3 is 0 Å². The van der Waals surface area contributed by atoms with E-state index < -0.39 is 10.8 Å². The minimum atomic E-state index is -0.781. The minimum Gasteiger partial charge on any atom is -0.208 e. The van der Waals surface area contributed by atoms with E-state index >= 15 is 0 Å². The Hall–Kier alpha value is -8.01. The molecule has 0 fully saturated rings. The molecule has 0 saturated carbocycles. The molecule has 3 nitrogen and oxygen atoms in total. The van der Waals surface area contributed by atoms with Gasteiger partial charge in [0.1, 0.15) is 0 Å². The molecule has 66 heavy (non-hydrogen) atoms. The summed E-state index contributed by atoms with van der Waals surface area (Å²) in [6, 6.07) is 71.0. The summed E-state index contributed by atoms with van der Waals surface area (Å²) in [6.07, 6.45) is 4.57. The molecular formula is C63H45N3. The van der Waals surface area contributed by atoms with E-state index in [9.17, 15) is 0 Å². The quantitative estimate of drug-likeness (QED) is 0.173. The SMILES string of the molecule is C=C(C1=C(/C=C\C)C2(c3ccccc3-c3ccccc32)c2ccccc2C12c1ccccc1-c1ccccc12)c1nc(-c2ccccc2)nc(-c2ccc3c(c2)C(C)(C)c2ccccc2-3)n1. The van der Waals surface area contributed by atoms with Crippen molar-refractivity contribution < 1.29 is 0 Å². The van der Waals surface area contributed by atoms with Crippen molar-refractivity contribution in [3.05, 3.63) is 274 Å². The zero-order valence-electron chi connectivity index (χ0n) is 37.2. The molecule has 0 radical (unpaired) electrons. The van der Waals surface area contributed by atoms with Crippen LogP contribution in [-0.4, -0.2) is 15.0 Å². The number of hydrogen-bond acceptors (Lipinski definition) is 3. The molecule has 4 aliphatic rings. The van der Waals surface area contributed by atoms with E-state index in [0.717, 1.165) is 27.8 Å². The van der Waals surface area contributed by atoms with Gasteiger partial charge < -0.3 is 0 Å². The van der Waals surface area contributed by atoms with E-state index in [4.69, 9.17) is 21.5 Å². The number of hydrogen-bond donors (Lipinski definition) is 0. The molecule has 9 aromatic rings.